The van der Waals surface area contributed by atoms with Crippen LogP contribution in [0.1, 0.15) is 15.9 Å². The number of hydrogen-bond acceptors (Lipinski definition) is 5. The number of carbonyl (C=O) groups excluding carboxylic acids is 1. The normalized spacial score (nSPS) is 11.5. The lowest BCUT2D eigenvalue weighted by atomic mass is 10.1. The largest absolute Gasteiger partial charge is 0.366 e. The molecule has 0 saturated heterocycles. The zero-order chi connectivity index (χ0) is 19.6. The second-order valence-electron chi connectivity index (χ2n) is 5.77. The molecule has 1 amide bonds. The van der Waals surface area contributed by atoms with Crippen molar-refractivity contribution < 1.29 is 17.4 Å². The average molecular weight is 450 g/mol. The summed E-state index contributed by atoms with van der Waals surface area (Å²) < 4.78 is 32.2. The molecule has 2 aromatic carbocycles. The number of aromatic nitrogens is 2. The summed E-state index contributed by atoms with van der Waals surface area (Å²) >= 11 is 3.37. The van der Waals surface area contributed by atoms with Crippen LogP contribution in [0.3, 0.4) is 0 Å². The first-order chi connectivity index (χ1) is 12.8. The Morgan fingerprint density at radius 1 is 1.22 bits per heavy atom. The molecule has 0 aliphatic rings. The number of nitrogens with zero attached hydrogens (tertiary/aromatic N) is 2. The number of nitrogens with two attached hydrogens (primary N) is 1. The van der Waals surface area contributed by atoms with Gasteiger partial charge in [0.05, 0.1) is 6.61 Å². The van der Waals surface area contributed by atoms with E-state index in [1.807, 2.05) is 6.07 Å². The molecule has 1 heterocycles. The number of amides is 1. The van der Waals surface area contributed by atoms with Crippen LogP contribution in [0.4, 0.5) is 0 Å². The molecule has 27 heavy (non-hydrogen) atoms. The van der Waals surface area contributed by atoms with Crippen molar-refractivity contribution in [2.24, 2.45) is 12.8 Å². The maximum atomic E-state index is 12.5. The Morgan fingerprint density at radius 3 is 2.56 bits per heavy atom. The van der Waals surface area contributed by atoms with E-state index in [2.05, 4.69) is 20.9 Å². The average Bonchev–Trinajstić information content (AvgIpc) is 3.03. The van der Waals surface area contributed by atoms with Crippen LogP contribution in [0, 0.1) is 0 Å². The van der Waals surface area contributed by atoms with Gasteiger partial charge in [-0.3, -0.25) is 8.98 Å². The fraction of sp³-hybridized carbons (Fsp3) is 0.111. The standard InChI is InChI=1S/C18H16BrN3O4S/c1-22-10-16(27(24,25)26-11-12-5-3-2-4-6-12)21-18(22)14-8-7-13(17(20)23)9-15(14)19/h2-10H,11H2,1H3,(H2,20,23). The first-order valence-electron chi connectivity index (χ1n) is 7.84. The third-order valence-corrected chi connectivity index (χ3v) is 5.62. The summed E-state index contributed by atoms with van der Waals surface area (Å²) in [5.41, 5.74) is 6.96. The minimum atomic E-state index is -4.02. The highest BCUT2D eigenvalue weighted by molar-refractivity contribution is 9.10. The first-order valence-corrected chi connectivity index (χ1v) is 10.0. The summed E-state index contributed by atoms with van der Waals surface area (Å²) in [6, 6.07) is 13.8. The topological polar surface area (TPSA) is 104 Å². The van der Waals surface area contributed by atoms with Crippen molar-refractivity contribution in [3.8, 4) is 11.4 Å². The van der Waals surface area contributed by atoms with Gasteiger partial charge in [-0.15, -0.1) is 0 Å². The van der Waals surface area contributed by atoms with Crippen molar-refractivity contribution in [2.75, 3.05) is 0 Å². The van der Waals surface area contributed by atoms with Crippen LogP contribution < -0.4 is 5.73 Å². The van der Waals surface area contributed by atoms with E-state index in [-0.39, 0.29) is 11.6 Å². The molecule has 0 aliphatic carbocycles. The van der Waals surface area contributed by atoms with Crippen molar-refractivity contribution in [1.29, 1.82) is 0 Å². The van der Waals surface area contributed by atoms with Gasteiger partial charge in [0.1, 0.15) is 5.82 Å². The highest BCUT2D eigenvalue weighted by atomic mass is 79.9. The predicted octanol–water partition coefficient (Wildman–Crippen LogP) is 2.85. The first kappa shape index (κ1) is 19.3. The number of imidazole rings is 1. The predicted molar refractivity (Wildman–Crippen MR) is 103 cm³/mol. The van der Waals surface area contributed by atoms with E-state index in [1.165, 1.54) is 6.20 Å². The van der Waals surface area contributed by atoms with Crippen molar-refractivity contribution in [3.05, 3.63) is 70.3 Å². The molecule has 0 saturated carbocycles. The fourth-order valence-corrected chi connectivity index (χ4v) is 3.89. The molecule has 0 fully saturated rings. The molecule has 0 bridgehead atoms. The number of hydrogen-bond donors (Lipinski definition) is 1. The third-order valence-electron chi connectivity index (χ3n) is 3.83. The number of primary amides is 1. The number of carbonyl (C=O) groups is 1. The monoisotopic (exact) mass is 449 g/mol. The van der Waals surface area contributed by atoms with E-state index in [4.69, 9.17) is 9.92 Å². The lowest BCUT2D eigenvalue weighted by Gasteiger charge is -2.05. The molecule has 3 rings (SSSR count). The molecule has 0 unspecified atom stereocenters. The fourth-order valence-electron chi connectivity index (χ4n) is 2.44. The van der Waals surface area contributed by atoms with Crippen LogP contribution in [0.2, 0.25) is 0 Å². The Labute approximate surface area is 165 Å². The molecule has 0 atom stereocenters. The van der Waals surface area contributed by atoms with Gasteiger partial charge in [-0.05, 0) is 23.8 Å². The molecule has 2 N–H and O–H groups in total. The summed E-state index contributed by atoms with van der Waals surface area (Å²) in [5, 5.41) is -0.193. The van der Waals surface area contributed by atoms with Gasteiger partial charge in [0, 0.05) is 28.8 Å². The molecule has 3 aromatic rings. The summed E-state index contributed by atoms with van der Waals surface area (Å²) in [5.74, 6) is -0.153. The van der Waals surface area contributed by atoms with Crippen LogP contribution in [0.25, 0.3) is 11.4 Å². The Balaban J connectivity index is 1.88. The molecular weight excluding hydrogens is 434 g/mol. The van der Waals surface area contributed by atoms with E-state index >= 15 is 0 Å². The second kappa shape index (κ2) is 7.63. The van der Waals surface area contributed by atoms with Gasteiger partial charge in [0.25, 0.3) is 0 Å². The summed E-state index contributed by atoms with van der Waals surface area (Å²) in [4.78, 5) is 15.5. The maximum Gasteiger partial charge on any atom is 0.316 e. The quantitative estimate of drug-likeness (QED) is 0.582. The molecule has 1 aromatic heterocycles. The van der Waals surface area contributed by atoms with Gasteiger partial charge in [-0.2, -0.15) is 8.42 Å². The van der Waals surface area contributed by atoms with Gasteiger partial charge >= 0.3 is 10.1 Å². The van der Waals surface area contributed by atoms with Gasteiger partial charge in [0.15, 0.2) is 0 Å². The van der Waals surface area contributed by atoms with E-state index in [0.717, 1.165) is 5.56 Å². The van der Waals surface area contributed by atoms with Gasteiger partial charge in [-0.25, -0.2) is 4.98 Å². The highest BCUT2D eigenvalue weighted by Crippen LogP contribution is 2.29. The van der Waals surface area contributed by atoms with Crippen molar-refractivity contribution >= 4 is 32.0 Å². The summed E-state index contributed by atoms with van der Waals surface area (Å²) in [7, 11) is -2.35. The Kier molecular flexibility index (Phi) is 5.45. The Morgan fingerprint density at radius 2 is 1.93 bits per heavy atom. The maximum absolute atomic E-state index is 12.5. The Bertz CT molecular complexity index is 1100. The molecule has 7 nitrogen and oxygen atoms in total. The molecule has 0 radical (unpaired) electrons. The molecule has 140 valence electrons. The van der Waals surface area contributed by atoms with Crippen LogP contribution in [-0.4, -0.2) is 23.9 Å². The SMILES string of the molecule is Cn1cc(S(=O)(=O)OCc2ccccc2)nc1-c1ccc(C(N)=O)cc1Br. The number of halogens is 1. The van der Waals surface area contributed by atoms with Crippen LogP contribution in [-0.2, 0) is 28.0 Å². The van der Waals surface area contributed by atoms with Crippen molar-refractivity contribution in [1.82, 2.24) is 9.55 Å². The summed E-state index contributed by atoms with van der Waals surface area (Å²) in [6.45, 7) is -0.0773. The minimum absolute atomic E-state index is 0.0773. The lowest BCUT2D eigenvalue weighted by Crippen LogP contribution is -2.10. The number of benzene rings is 2. The smallest absolute Gasteiger partial charge is 0.316 e. The van der Waals surface area contributed by atoms with E-state index < -0.39 is 16.0 Å². The van der Waals surface area contributed by atoms with Crippen LogP contribution >= 0.6 is 15.9 Å². The van der Waals surface area contributed by atoms with Crippen LogP contribution in [0.5, 0.6) is 0 Å². The highest BCUT2D eigenvalue weighted by Gasteiger charge is 2.22. The third kappa shape index (κ3) is 4.26. The molecule has 9 heteroatoms. The zero-order valence-electron chi connectivity index (χ0n) is 14.3. The molecule has 0 spiro atoms. The van der Waals surface area contributed by atoms with E-state index in [1.54, 1.807) is 54.1 Å². The van der Waals surface area contributed by atoms with E-state index in [9.17, 15) is 13.2 Å². The minimum Gasteiger partial charge on any atom is -0.366 e. The number of aryl methyl sites for hydroxylation is 1. The van der Waals surface area contributed by atoms with E-state index in [0.29, 0.717) is 21.4 Å². The van der Waals surface area contributed by atoms with Crippen molar-refractivity contribution in [3.63, 3.8) is 0 Å². The lowest BCUT2D eigenvalue weighted by molar-refractivity contribution is 0.1000. The Hall–Kier alpha value is -2.49. The molecule has 0 aliphatic heterocycles. The van der Waals surface area contributed by atoms with Gasteiger partial charge in [0.2, 0.25) is 10.9 Å². The second-order valence-corrected chi connectivity index (χ2v) is 8.19. The number of rotatable bonds is 6. The molecular formula is C18H16BrN3O4S. The summed E-state index contributed by atoms with van der Waals surface area (Å²) in [6.07, 6.45) is 1.38. The van der Waals surface area contributed by atoms with Crippen LogP contribution in [0.15, 0.2) is 64.2 Å². The zero-order valence-corrected chi connectivity index (χ0v) is 16.7. The van der Waals surface area contributed by atoms with Gasteiger partial charge in [-0.1, -0.05) is 46.3 Å². The van der Waals surface area contributed by atoms with Gasteiger partial charge < -0.3 is 10.3 Å². The van der Waals surface area contributed by atoms with Crippen molar-refractivity contribution in [2.45, 2.75) is 11.6 Å².